The second-order valence-electron chi connectivity index (χ2n) is 14.1. The topological polar surface area (TPSA) is 33.7 Å². The van der Waals surface area contributed by atoms with Crippen molar-refractivity contribution in [1.82, 2.24) is 9.38 Å². The number of hydrogen-bond donors (Lipinski definition) is 0. The van der Waals surface area contributed by atoms with Crippen molar-refractivity contribution in [2.45, 2.75) is 19.3 Å². The predicted octanol–water partition coefficient (Wildman–Crippen LogP) is 12.4. The highest BCUT2D eigenvalue weighted by Gasteiger charge is 2.36. The maximum Gasteiger partial charge on any atom is 0.182 e. The quantitative estimate of drug-likeness (QED) is 0.192. The monoisotopic (exact) mass is 641 g/mol. The maximum absolute atomic E-state index is 6.13. The van der Waals surface area contributed by atoms with E-state index in [4.69, 9.17) is 4.42 Å². The molecule has 236 valence electrons. The fourth-order valence-corrected chi connectivity index (χ4v) is 8.72. The number of hydrogen-bond acceptors (Lipinski definition) is 3. The molecule has 3 aromatic heterocycles. The summed E-state index contributed by atoms with van der Waals surface area (Å²) in [6, 6.07) is 53.1. The number of aromatic nitrogens is 2. The van der Waals surface area contributed by atoms with Crippen LogP contribution < -0.4 is 4.90 Å². The summed E-state index contributed by atoms with van der Waals surface area (Å²) in [5.41, 5.74) is 16.2. The van der Waals surface area contributed by atoms with Gasteiger partial charge in [0.25, 0.3) is 0 Å². The number of oxazole rings is 1. The van der Waals surface area contributed by atoms with Gasteiger partial charge in [-0.25, -0.2) is 4.98 Å². The first-order valence-electron chi connectivity index (χ1n) is 17.2. The first-order chi connectivity index (χ1) is 24.6. The SMILES string of the molecule is CC1(C)c2ccccc2-c2ccc(N(c3ccc(-c4ccccc4)cc3)c3ccc4c(c3)c3c5ocnc5cc5c6ccccc6n4c53)cc21. The molecule has 0 saturated carbocycles. The van der Waals surface area contributed by atoms with E-state index in [1.807, 2.05) is 0 Å². The van der Waals surface area contributed by atoms with Gasteiger partial charge in [0.1, 0.15) is 5.52 Å². The highest BCUT2D eigenvalue weighted by molar-refractivity contribution is 6.30. The van der Waals surface area contributed by atoms with Gasteiger partial charge in [0.05, 0.1) is 21.9 Å². The van der Waals surface area contributed by atoms with Crippen molar-refractivity contribution >= 4 is 66.3 Å². The van der Waals surface area contributed by atoms with Crippen molar-refractivity contribution in [2.24, 2.45) is 0 Å². The summed E-state index contributed by atoms with van der Waals surface area (Å²) >= 11 is 0. The fourth-order valence-electron chi connectivity index (χ4n) is 8.72. The molecule has 11 rings (SSSR count). The van der Waals surface area contributed by atoms with Gasteiger partial charge < -0.3 is 13.7 Å². The molecular weight excluding hydrogens is 611 g/mol. The van der Waals surface area contributed by atoms with E-state index in [1.54, 1.807) is 6.39 Å². The molecule has 3 heterocycles. The lowest BCUT2D eigenvalue weighted by atomic mass is 9.82. The molecular formula is C46H31N3O. The average Bonchev–Trinajstić information content (AvgIpc) is 3.91. The Kier molecular flexibility index (Phi) is 5.42. The maximum atomic E-state index is 6.13. The molecule has 1 aliphatic rings. The number of anilines is 3. The van der Waals surface area contributed by atoms with E-state index in [0.717, 1.165) is 44.5 Å². The molecule has 0 unspecified atom stereocenters. The standard InChI is InChI=1S/C46H31N3O/c1-46(2)38-14-8-6-12-33(38)34-22-20-32(25-39(34)46)48(30-18-16-29(17-19-30)28-10-4-3-5-11-28)31-21-23-42-37(24-31)43-44-36(26-40-45(43)50-27-47-40)35-13-7-9-15-41(35)49(42)44/h3-27H,1-2H3. The second-order valence-corrected chi connectivity index (χ2v) is 14.1. The minimum Gasteiger partial charge on any atom is -0.443 e. The van der Waals surface area contributed by atoms with E-state index in [1.165, 1.54) is 55.2 Å². The number of fused-ring (bicyclic) bond motifs is 11. The van der Waals surface area contributed by atoms with E-state index in [9.17, 15) is 0 Å². The number of para-hydroxylation sites is 1. The molecule has 50 heavy (non-hydrogen) atoms. The van der Waals surface area contributed by atoms with Crippen LogP contribution in [0.4, 0.5) is 17.1 Å². The summed E-state index contributed by atoms with van der Waals surface area (Å²) in [7, 11) is 0. The second kappa shape index (κ2) is 9.83. The van der Waals surface area contributed by atoms with Crippen LogP contribution in [0.15, 0.2) is 156 Å². The summed E-state index contributed by atoms with van der Waals surface area (Å²) in [5.74, 6) is 0. The van der Waals surface area contributed by atoms with Gasteiger partial charge in [-0.15, -0.1) is 0 Å². The van der Waals surface area contributed by atoms with Crippen molar-refractivity contribution < 1.29 is 4.42 Å². The van der Waals surface area contributed by atoms with Crippen LogP contribution >= 0.6 is 0 Å². The van der Waals surface area contributed by atoms with Crippen LogP contribution in [0.2, 0.25) is 0 Å². The zero-order valence-electron chi connectivity index (χ0n) is 27.7. The zero-order chi connectivity index (χ0) is 33.1. The van der Waals surface area contributed by atoms with Crippen LogP contribution in [0.1, 0.15) is 25.0 Å². The molecule has 0 spiro atoms. The van der Waals surface area contributed by atoms with Crippen molar-refractivity contribution in [3.63, 3.8) is 0 Å². The third-order valence-corrected chi connectivity index (χ3v) is 11.1. The van der Waals surface area contributed by atoms with Gasteiger partial charge in [0.15, 0.2) is 12.0 Å². The van der Waals surface area contributed by atoms with Crippen LogP contribution in [-0.4, -0.2) is 9.38 Å². The molecule has 0 N–H and O–H groups in total. The Balaban J connectivity index is 1.17. The van der Waals surface area contributed by atoms with Crippen LogP contribution in [-0.2, 0) is 5.41 Å². The zero-order valence-corrected chi connectivity index (χ0v) is 27.7. The average molecular weight is 642 g/mol. The third kappa shape index (κ3) is 3.62. The fraction of sp³-hybridized carbons (Fsp3) is 0.0652. The summed E-state index contributed by atoms with van der Waals surface area (Å²) in [4.78, 5) is 7.02. The van der Waals surface area contributed by atoms with Gasteiger partial charge in [-0.1, -0.05) is 105 Å². The first-order valence-corrected chi connectivity index (χ1v) is 17.2. The Labute approximate surface area is 288 Å². The van der Waals surface area contributed by atoms with Gasteiger partial charge >= 0.3 is 0 Å². The lowest BCUT2D eigenvalue weighted by Gasteiger charge is -2.28. The number of benzene rings is 7. The van der Waals surface area contributed by atoms with Gasteiger partial charge in [-0.05, 0) is 88.0 Å². The highest BCUT2D eigenvalue weighted by Crippen LogP contribution is 2.51. The van der Waals surface area contributed by atoms with E-state index < -0.39 is 0 Å². The van der Waals surface area contributed by atoms with Crippen molar-refractivity contribution in [3.8, 4) is 22.3 Å². The predicted molar refractivity (Wildman–Crippen MR) is 206 cm³/mol. The minimum absolute atomic E-state index is 0.110. The van der Waals surface area contributed by atoms with E-state index >= 15 is 0 Å². The van der Waals surface area contributed by atoms with Crippen LogP contribution in [0.25, 0.3) is 71.4 Å². The molecule has 10 aromatic rings. The Morgan fingerprint density at radius 3 is 2.12 bits per heavy atom. The van der Waals surface area contributed by atoms with Crippen LogP contribution in [0.5, 0.6) is 0 Å². The van der Waals surface area contributed by atoms with Gasteiger partial charge in [0.2, 0.25) is 0 Å². The molecule has 0 amide bonds. The van der Waals surface area contributed by atoms with Gasteiger partial charge in [-0.2, -0.15) is 0 Å². The van der Waals surface area contributed by atoms with E-state index in [0.29, 0.717) is 0 Å². The summed E-state index contributed by atoms with van der Waals surface area (Å²) in [5, 5.41) is 4.68. The molecule has 0 radical (unpaired) electrons. The molecule has 0 fully saturated rings. The summed E-state index contributed by atoms with van der Waals surface area (Å²) in [6.07, 6.45) is 1.57. The molecule has 4 heteroatoms. The lowest BCUT2D eigenvalue weighted by Crippen LogP contribution is -2.16. The van der Waals surface area contributed by atoms with Crippen LogP contribution in [0.3, 0.4) is 0 Å². The van der Waals surface area contributed by atoms with Crippen molar-refractivity contribution in [1.29, 1.82) is 0 Å². The highest BCUT2D eigenvalue weighted by atomic mass is 16.3. The first kappa shape index (κ1) is 27.5. The summed E-state index contributed by atoms with van der Waals surface area (Å²) in [6.45, 7) is 4.69. The number of nitrogens with zero attached hydrogens (tertiary/aromatic N) is 3. The van der Waals surface area contributed by atoms with Crippen LogP contribution in [0, 0.1) is 0 Å². The molecule has 0 saturated heterocycles. The largest absolute Gasteiger partial charge is 0.443 e. The van der Waals surface area contributed by atoms with Gasteiger partial charge in [-0.3, -0.25) is 0 Å². The third-order valence-electron chi connectivity index (χ3n) is 11.1. The molecule has 0 bridgehead atoms. The molecule has 1 aliphatic carbocycles. The normalized spacial score (nSPS) is 13.6. The molecule has 0 aliphatic heterocycles. The molecule has 0 atom stereocenters. The van der Waals surface area contributed by atoms with Crippen molar-refractivity contribution in [3.05, 3.63) is 163 Å². The minimum atomic E-state index is -0.110. The molecule has 7 aromatic carbocycles. The van der Waals surface area contributed by atoms with Gasteiger partial charge in [0, 0.05) is 38.6 Å². The Morgan fingerprint density at radius 1 is 0.560 bits per heavy atom. The van der Waals surface area contributed by atoms with E-state index in [-0.39, 0.29) is 5.41 Å². The van der Waals surface area contributed by atoms with E-state index in [2.05, 4.69) is 174 Å². The van der Waals surface area contributed by atoms with Crippen molar-refractivity contribution in [2.75, 3.05) is 4.90 Å². The smallest absolute Gasteiger partial charge is 0.182 e. The Bertz CT molecular complexity index is 2950. The number of rotatable bonds is 4. The Hall–Kier alpha value is -6.39. The Morgan fingerprint density at radius 2 is 1.24 bits per heavy atom. The lowest BCUT2D eigenvalue weighted by molar-refractivity contribution is 0.605. The summed E-state index contributed by atoms with van der Waals surface area (Å²) < 4.78 is 8.52. The molecule has 4 nitrogen and oxygen atoms in total.